The number of benzene rings is 2. The maximum absolute atomic E-state index is 13.2. The van der Waals surface area contributed by atoms with Crippen LogP contribution < -0.4 is 4.90 Å². The second kappa shape index (κ2) is 9.06. The van der Waals surface area contributed by atoms with E-state index in [2.05, 4.69) is 42.5 Å². The third-order valence-corrected chi connectivity index (χ3v) is 7.62. The van der Waals surface area contributed by atoms with Gasteiger partial charge in [0.05, 0.1) is 5.69 Å². The molecule has 2 heterocycles. The van der Waals surface area contributed by atoms with E-state index in [-0.39, 0.29) is 10.8 Å². The zero-order chi connectivity index (χ0) is 22.9. The van der Waals surface area contributed by atoms with E-state index in [1.165, 1.54) is 11.6 Å². The average Bonchev–Trinajstić information content (AvgIpc) is 2.77. The van der Waals surface area contributed by atoms with Crippen LogP contribution in [0.25, 0.3) is 0 Å². The number of hydrogen-bond acceptors (Lipinski definition) is 4. The average molecular weight is 454 g/mol. The highest BCUT2D eigenvalue weighted by molar-refractivity contribution is 7.90. The summed E-state index contributed by atoms with van der Waals surface area (Å²) in [4.78, 5) is 17.1. The summed E-state index contributed by atoms with van der Waals surface area (Å²) in [7, 11) is -3.81. The van der Waals surface area contributed by atoms with Crippen LogP contribution in [-0.4, -0.2) is 44.7 Å². The predicted molar refractivity (Wildman–Crippen MR) is 128 cm³/mol. The molecule has 0 bridgehead atoms. The number of hydrogen-bond donors (Lipinski definition) is 0. The van der Waals surface area contributed by atoms with E-state index in [0.29, 0.717) is 48.6 Å². The summed E-state index contributed by atoms with van der Waals surface area (Å²) in [6.07, 6.45) is 2.94. The van der Waals surface area contributed by atoms with Gasteiger partial charge in [0.1, 0.15) is 10.7 Å². The minimum atomic E-state index is -3.81. The number of nitrogens with zero attached hydrogens (tertiary/aromatic N) is 3. The number of amides is 1. The lowest BCUT2D eigenvalue weighted by molar-refractivity contribution is 0.0690. The zero-order valence-corrected chi connectivity index (χ0v) is 19.8. The van der Waals surface area contributed by atoms with Crippen molar-refractivity contribution in [3.05, 3.63) is 59.7 Å². The van der Waals surface area contributed by atoms with Crippen molar-refractivity contribution in [2.45, 2.75) is 44.9 Å². The molecule has 4 rings (SSSR count). The minimum absolute atomic E-state index is 0.108. The number of amidine groups is 1. The molecule has 0 aromatic heterocycles. The Hall–Kier alpha value is -2.67. The number of sulfonamides is 1. The summed E-state index contributed by atoms with van der Waals surface area (Å²) in [5.41, 5.74) is 2.34. The summed E-state index contributed by atoms with van der Waals surface area (Å²) in [5.74, 6) is 1.26. The molecule has 2 aromatic rings. The molecular formula is C25H31N3O3S. The first-order chi connectivity index (χ1) is 15.2. The van der Waals surface area contributed by atoms with Gasteiger partial charge in [-0.1, -0.05) is 44.2 Å². The number of carbonyl (C=O) groups is 1. The van der Waals surface area contributed by atoms with Crippen molar-refractivity contribution in [1.29, 1.82) is 0 Å². The van der Waals surface area contributed by atoms with Gasteiger partial charge in [0, 0.05) is 25.2 Å². The summed E-state index contributed by atoms with van der Waals surface area (Å²) in [5, 5.41) is 0. The van der Waals surface area contributed by atoms with E-state index < -0.39 is 10.0 Å². The van der Waals surface area contributed by atoms with E-state index in [4.69, 9.17) is 0 Å². The molecule has 2 aliphatic rings. The van der Waals surface area contributed by atoms with Gasteiger partial charge in [-0.2, -0.15) is 8.42 Å². The van der Waals surface area contributed by atoms with Crippen LogP contribution in [0.4, 0.5) is 5.69 Å². The molecule has 6 nitrogen and oxygen atoms in total. The molecule has 0 unspecified atom stereocenters. The van der Waals surface area contributed by atoms with Gasteiger partial charge in [-0.25, -0.2) is 0 Å². The van der Waals surface area contributed by atoms with Crippen LogP contribution in [0, 0.1) is 11.8 Å². The minimum Gasteiger partial charge on any atom is -0.339 e. The van der Waals surface area contributed by atoms with Crippen molar-refractivity contribution in [3.8, 4) is 0 Å². The molecule has 32 heavy (non-hydrogen) atoms. The molecule has 170 valence electrons. The molecule has 1 fully saturated rings. The molecule has 2 aliphatic heterocycles. The molecule has 2 aromatic carbocycles. The standard InChI is InChI=1S/C25H31N3O3S/c1-18(2)17-28-19(3)26-32(30,31)24-16-22(9-10-23(24)28)25(29)27-13-11-21(12-14-27)15-20-7-5-4-6-8-20/h4-10,16,18,21H,11-15,17H2,1-3H3. The summed E-state index contributed by atoms with van der Waals surface area (Å²) >= 11 is 0. The molecule has 7 heteroatoms. The first-order valence-electron chi connectivity index (χ1n) is 11.3. The van der Waals surface area contributed by atoms with Gasteiger partial charge >= 0.3 is 0 Å². The lowest BCUT2D eigenvalue weighted by Gasteiger charge is -2.33. The molecular weight excluding hydrogens is 422 g/mol. The third kappa shape index (κ3) is 4.72. The maximum Gasteiger partial charge on any atom is 0.286 e. The Morgan fingerprint density at radius 2 is 1.78 bits per heavy atom. The van der Waals surface area contributed by atoms with Gasteiger partial charge in [-0.3, -0.25) is 4.79 Å². The van der Waals surface area contributed by atoms with Crippen LogP contribution in [0.2, 0.25) is 0 Å². The van der Waals surface area contributed by atoms with Gasteiger partial charge in [0.2, 0.25) is 0 Å². The molecule has 0 saturated carbocycles. The van der Waals surface area contributed by atoms with E-state index >= 15 is 0 Å². The second-order valence-electron chi connectivity index (χ2n) is 9.23. The van der Waals surface area contributed by atoms with Crippen molar-refractivity contribution < 1.29 is 13.2 Å². The van der Waals surface area contributed by atoms with E-state index in [1.54, 1.807) is 19.1 Å². The van der Waals surface area contributed by atoms with Gasteiger partial charge in [-0.15, -0.1) is 4.40 Å². The van der Waals surface area contributed by atoms with E-state index in [9.17, 15) is 13.2 Å². The Bertz CT molecular complexity index is 1120. The zero-order valence-electron chi connectivity index (χ0n) is 19.0. The van der Waals surface area contributed by atoms with Crippen molar-refractivity contribution >= 4 is 27.5 Å². The van der Waals surface area contributed by atoms with Crippen molar-refractivity contribution in [1.82, 2.24) is 4.90 Å². The molecule has 1 saturated heterocycles. The van der Waals surface area contributed by atoms with Crippen LogP contribution >= 0.6 is 0 Å². The molecule has 0 radical (unpaired) electrons. The fraction of sp³-hybridized carbons (Fsp3) is 0.440. The largest absolute Gasteiger partial charge is 0.339 e. The Labute approximate surface area is 191 Å². The van der Waals surface area contributed by atoms with Crippen molar-refractivity contribution in [2.75, 3.05) is 24.5 Å². The first-order valence-corrected chi connectivity index (χ1v) is 12.7. The summed E-state index contributed by atoms with van der Waals surface area (Å²) in [6.45, 7) is 7.92. The molecule has 0 atom stereocenters. The van der Waals surface area contributed by atoms with Gasteiger partial charge in [0.15, 0.2) is 0 Å². The monoisotopic (exact) mass is 453 g/mol. The van der Waals surface area contributed by atoms with Crippen LogP contribution in [0.3, 0.4) is 0 Å². The van der Waals surface area contributed by atoms with Gasteiger partial charge in [-0.05, 0) is 61.8 Å². The van der Waals surface area contributed by atoms with E-state index in [0.717, 1.165) is 19.3 Å². The van der Waals surface area contributed by atoms with Crippen LogP contribution in [0.1, 0.15) is 49.5 Å². The number of rotatable bonds is 5. The van der Waals surface area contributed by atoms with Crippen molar-refractivity contribution in [3.63, 3.8) is 0 Å². The van der Waals surface area contributed by atoms with Gasteiger partial charge < -0.3 is 9.80 Å². The lowest BCUT2D eigenvalue weighted by Crippen LogP contribution is -2.39. The van der Waals surface area contributed by atoms with Crippen LogP contribution in [0.5, 0.6) is 0 Å². The van der Waals surface area contributed by atoms with Crippen LogP contribution in [-0.2, 0) is 16.4 Å². The molecule has 0 spiro atoms. The maximum atomic E-state index is 13.2. The highest BCUT2D eigenvalue weighted by atomic mass is 32.2. The fourth-order valence-electron chi connectivity index (χ4n) is 4.59. The normalized spacial score (nSPS) is 18.4. The Kier molecular flexibility index (Phi) is 6.38. The molecule has 0 N–H and O–H groups in total. The molecule has 0 aliphatic carbocycles. The van der Waals surface area contributed by atoms with Crippen molar-refractivity contribution in [2.24, 2.45) is 16.2 Å². The lowest BCUT2D eigenvalue weighted by atomic mass is 9.90. The number of carbonyl (C=O) groups excluding carboxylic acids is 1. The summed E-state index contributed by atoms with van der Waals surface area (Å²) < 4.78 is 29.4. The van der Waals surface area contributed by atoms with E-state index in [1.807, 2.05) is 15.9 Å². The quantitative estimate of drug-likeness (QED) is 0.674. The number of piperidine rings is 1. The topological polar surface area (TPSA) is 70.0 Å². The Balaban J connectivity index is 1.49. The number of anilines is 1. The smallest absolute Gasteiger partial charge is 0.286 e. The number of likely N-dealkylation sites (tertiary alicyclic amines) is 1. The first kappa shape index (κ1) is 22.5. The predicted octanol–water partition coefficient (Wildman–Crippen LogP) is 4.36. The SMILES string of the molecule is CC1=NS(=O)(=O)c2cc(C(=O)N3CCC(Cc4ccccc4)CC3)ccc2N1CC(C)C. The Morgan fingerprint density at radius 1 is 1.09 bits per heavy atom. The Morgan fingerprint density at radius 3 is 2.44 bits per heavy atom. The third-order valence-electron chi connectivity index (χ3n) is 6.24. The second-order valence-corrected chi connectivity index (χ2v) is 10.8. The van der Waals surface area contributed by atoms with Crippen LogP contribution in [0.15, 0.2) is 57.8 Å². The highest BCUT2D eigenvalue weighted by Gasteiger charge is 2.31. The summed E-state index contributed by atoms with van der Waals surface area (Å²) in [6, 6.07) is 15.5. The highest BCUT2D eigenvalue weighted by Crippen LogP contribution is 2.33. The number of fused-ring (bicyclic) bond motifs is 1. The van der Waals surface area contributed by atoms with Gasteiger partial charge in [0.25, 0.3) is 15.9 Å². The fourth-order valence-corrected chi connectivity index (χ4v) is 5.85. The molecule has 1 amide bonds.